The van der Waals surface area contributed by atoms with Crippen LogP contribution in [0, 0.1) is 13.8 Å². The molecule has 0 saturated heterocycles. The van der Waals surface area contributed by atoms with Gasteiger partial charge in [-0.15, -0.1) is 0 Å². The van der Waals surface area contributed by atoms with Gasteiger partial charge in [-0.3, -0.25) is 4.79 Å². The molecule has 0 aliphatic rings. The van der Waals surface area contributed by atoms with Gasteiger partial charge in [-0.2, -0.15) is 16.3 Å². The van der Waals surface area contributed by atoms with Crippen molar-refractivity contribution in [2.24, 2.45) is 0 Å². The Morgan fingerprint density at radius 2 is 2.12 bits per heavy atom. The summed E-state index contributed by atoms with van der Waals surface area (Å²) in [5.41, 5.74) is 4.76. The maximum Gasteiger partial charge on any atom is 0.310 e. The molecule has 0 N–H and O–H groups in total. The molecule has 0 saturated carbocycles. The lowest BCUT2D eigenvalue weighted by molar-refractivity contribution is -0.144. The van der Waals surface area contributed by atoms with Crippen molar-refractivity contribution in [2.45, 2.75) is 26.9 Å². The lowest BCUT2D eigenvalue weighted by Crippen LogP contribution is -2.08. The van der Waals surface area contributed by atoms with Gasteiger partial charge in [-0.05, 0) is 48.6 Å². The number of hydrogen-bond acceptors (Lipinski definition) is 7. The van der Waals surface area contributed by atoms with Crippen LogP contribution < -0.4 is 0 Å². The van der Waals surface area contributed by atoms with Crippen LogP contribution >= 0.6 is 11.3 Å². The number of thiophene rings is 1. The number of aromatic nitrogens is 2. The van der Waals surface area contributed by atoms with Crippen LogP contribution in [-0.2, 0) is 22.6 Å². The molecule has 0 fully saturated rings. The van der Waals surface area contributed by atoms with E-state index in [0.29, 0.717) is 5.82 Å². The standard InChI is InChI=1S/C19H16N2O4S/c1-11-5-15-14(8-23-16(15)6-12(11)2)7-18(22)24-9-17-20-19(21-25-17)13-3-4-26-10-13/h3-6,8,10H,7,9H2,1-2H3. The number of esters is 1. The van der Waals surface area contributed by atoms with Crippen molar-refractivity contribution in [1.29, 1.82) is 0 Å². The van der Waals surface area contributed by atoms with E-state index in [9.17, 15) is 4.79 Å². The molecule has 0 atom stereocenters. The summed E-state index contributed by atoms with van der Waals surface area (Å²) in [4.78, 5) is 16.4. The number of nitrogens with zero attached hydrogens (tertiary/aromatic N) is 2. The van der Waals surface area contributed by atoms with Gasteiger partial charge in [0.2, 0.25) is 5.82 Å². The van der Waals surface area contributed by atoms with Gasteiger partial charge in [0.25, 0.3) is 5.89 Å². The normalized spacial score (nSPS) is 11.2. The smallest absolute Gasteiger partial charge is 0.310 e. The van der Waals surface area contributed by atoms with Gasteiger partial charge in [0.1, 0.15) is 5.58 Å². The molecule has 0 radical (unpaired) electrons. The van der Waals surface area contributed by atoms with E-state index < -0.39 is 0 Å². The maximum absolute atomic E-state index is 12.2. The van der Waals surface area contributed by atoms with Crippen LogP contribution in [0.5, 0.6) is 0 Å². The zero-order valence-electron chi connectivity index (χ0n) is 14.3. The summed E-state index contributed by atoms with van der Waals surface area (Å²) in [7, 11) is 0. The molecule has 4 rings (SSSR count). The Labute approximate surface area is 153 Å². The third kappa shape index (κ3) is 3.25. The predicted molar refractivity (Wildman–Crippen MR) is 96.8 cm³/mol. The summed E-state index contributed by atoms with van der Waals surface area (Å²) in [6.45, 7) is 4.01. The van der Waals surface area contributed by atoms with Crippen molar-refractivity contribution in [3.63, 3.8) is 0 Å². The molecule has 1 aromatic carbocycles. The number of benzene rings is 1. The number of aryl methyl sites for hydroxylation is 2. The molecular weight excluding hydrogens is 352 g/mol. The number of furan rings is 1. The Morgan fingerprint density at radius 1 is 1.27 bits per heavy atom. The van der Waals surface area contributed by atoms with Crippen molar-refractivity contribution in [3.8, 4) is 11.4 Å². The van der Waals surface area contributed by atoms with Gasteiger partial charge in [0.15, 0.2) is 6.61 Å². The highest BCUT2D eigenvalue weighted by Crippen LogP contribution is 2.25. The summed E-state index contributed by atoms with van der Waals surface area (Å²) in [5.74, 6) is 0.383. The fourth-order valence-electron chi connectivity index (χ4n) is 2.64. The van der Waals surface area contributed by atoms with E-state index in [-0.39, 0.29) is 24.9 Å². The summed E-state index contributed by atoms with van der Waals surface area (Å²) in [6, 6.07) is 5.91. The monoisotopic (exact) mass is 368 g/mol. The van der Waals surface area contributed by atoms with Crippen LogP contribution in [0.1, 0.15) is 22.6 Å². The van der Waals surface area contributed by atoms with Crippen molar-refractivity contribution in [1.82, 2.24) is 10.1 Å². The SMILES string of the molecule is Cc1cc2occ(CC(=O)OCc3nc(-c4ccsc4)no3)c2cc1C. The highest BCUT2D eigenvalue weighted by atomic mass is 32.1. The zero-order valence-corrected chi connectivity index (χ0v) is 15.1. The number of ether oxygens (including phenoxy) is 1. The molecule has 4 aromatic rings. The number of fused-ring (bicyclic) bond motifs is 1. The minimum Gasteiger partial charge on any atom is -0.464 e. The number of carbonyl (C=O) groups is 1. The Bertz CT molecular complexity index is 1060. The number of carbonyl (C=O) groups excluding carboxylic acids is 1. The van der Waals surface area contributed by atoms with Gasteiger partial charge >= 0.3 is 5.97 Å². The van der Waals surface area contributed by atoms with Crippen molar-refractivity contribution in [3.05, 3.63) is 57.8 Å². The first-order valence-corrected chi connectivity index (χ1v) is 9.02. The third-order valence-corrected chi connectivity index (χ3v) is 4.89. The van der Waals surface area contributed by atoms with E-state index >= 15 is 0 Å². The van der Waals surface area contributed by atoms with E-state index in [1.807, 2.05) is 42.8 Å². The van der Waals surface area contributed by atoms with Crippen LogP contribution in [-0.4, -0.2) is 16.1 Å². The van der Waals surface area contributed by atoms with Gasteiger partial charge in [-0.25, -0.2) is 0 Å². The molecule has 3 aromatic heterocycles. The number of hydrogen-bond donors (Lipinski definition) is 0. The average molecular weight is 368 g/mol. The summed E-state index contributed by atoms with van der Waals surface area (Å²) in [5, 5.41) is 8.68. The second kappa shape index (κ2) is 6.76. The highest BCUT2D eigenvalue weighted by molar-refractivity contribution is 7.08. The Kier molecular flexibility index (Phi) is 4.30. The van der Waals surface area contributed by atoms with E-state index in [2.05, 4.69) is 10.1 Å². The average Bonchev–Trinajstić information content (AvgIpc) is 3.35. The Balaban J connectivity index is 1.41. The molecule has 7 heteroatoms. The Hall–Kier alpha value is -2.93. The van der Waals surface area contributed by atoms with Gasteiger partial charge in [0.05, 0.1) is 12.7 Å². The molecule has 6 nitrogen and oxygen atoms in total. The second-order valence-electron chi connectivity index (χ2n) is 6.05. The topological polar surface area (TPSA) is 78.4 Å². The van der Waals surface area contributed by atoms with E-state index in [1.165, 1.54) is 0 Å². The first kappa shape index (κ1) is 16.5. The molecular formula is C19H16N2O4S. The summed E-state index contributed by atoms with van der Waals surface area (Å²) >= 11 is 1.55. The van der Waals surface area contributed by atoms with E-state index in [1.54, 1.807) is 17.6 Å². The minimum absolute atomic E-state index is 0.0517. The van der Waals surface area contributed by atoms with Crippen molar-refractivity contribution >= 4 is 28.3 Å². The minimum atomic E-state index is -0.374. The van der Waals surface area contributed by atoms with E-state index in [4.69, 9.17) is 13.7 Å². The third-order valence-electron chi connectivity index (χ3n) is 4.21. The van der Waals surface area contributed by atoms with Gasteiger partial charge < -0.3 is 13.7 Å². The predicted octanol–water partition coefficient (Wildman–Crippen LogP) is 4.45. The molecule has 0 spiro atoms. The number of rotatable bonds is 5. The first-order valence-electron chi connectivity index (χ1n) is 8.08. The molecule has 0 unspecified atom stereocenters. The van der Waals surface area contributed by atoms with Crippen LogP contribution in [0.15, 0.2) is 44.2 Å². The highest BCUT2D eigenvalue weighted by Gasteiger charge is 2.15. The maximum atomic E-state index is 12.2. The fourth-order valence-corrected chi connectivity index (χ4v) is 3.28. The molecule has 0 aliphatic carbocycles. The van der Waals surface area contributed by atoms with Crippen molar-refractivity contribution in [2.75, 3.05) is 0 Å². The summed E-state index contributed by atoms with van der Waals surface area (Å²) in [6.07, 6.45) is 1.73. The van der Waals surface area contributed by atoms with Crippen LogP contribution in [0.25, 0.3) is 22.4 Å². The quantitative estimate of drug-likeness (QED) is 0.484. The lowest BCUT2D eigenvalue weighted by Gasteiger charge is -2.02. The largest absolute Gasteiger partial charge is 0.464 e. The molecule has 132 valence electrons. The molecule has 3 heterocycles. The Morgan fingerprint density at radius 3 is 2.92 bits per heavy atom. The lowest BCUT2D eigenvalue weighted by atomic mass is 10.0. The van der Waals surface area contributed by atoms with Gasteiger partial charge in [-0.1, -0.05) is 5.16 Å². The van der Waals surface area contributed by atoms with Crippen LogP contribution in [0.4, 0.5) is 0 Å². The van der Waals surface area contributed by atoms with Crippen molar-refractivity contribution < 1.29 is 18.5 Å². The first-order chi connectivity index (χ1) is 12.6. The molecule has 0 bridgehead atoms. The van der Waals surface area contributed by atoms with E-state index in [0.717, 1.165) is 33.2 Å². The van der Waals surface area contributed by atoms with Crippen LogP contribution in [0.3, 0.4) is 0 Å². The summed E-state index contributed by atoms with van der Waals surface area (Å²) < 4.78 is 15.9. The molecule has 0 aliphatic heterocycles. The zero-order chi connectivity index (χ0) is 18.1. The molecule has 0 amide bonds. The van der Waals surface area contributed by atoms with Gasteiger partial charge in [0, 0.05) is 21.9 Å². The fraction of sp³-hybridized carbons (Fsp3) is 0.211. The molecule has 26 heavy (non-hydrogen) atoms. The van der Waals surface area contributed by atoms with Crippen LogP contribution in [0.2, 0.25) is 0 Å². The second-order valence-corrected chi connectivity index (χ2v) is 6.83.